The molecule has 0 aliphatic carbocycles. The van der Waals surface area contributed by atoms with Crippen molar-refractivity contribution in [3.05, 3.63) is 18.0 Å². The van der Waals surface area contributed by atoms with Crippen molar-refractivity contribution < 1.29 is 4.79 Å². The standard InChI is InChI=1S/C16H26N4O/c1-3-9-20-15(7-8-17-20)16(21)18-11-14(12-18)19-10-5-4-6-13(19)2/h7-8,13-14H,3-6,9-12H2,1-2H3/t13-/m0/s1. The van der Waals surface area contributed by atoms with Crippen LogP contribution in [0.1, 0.15) is 50.0 Å². The van der Waals surface area contributed by atoms with Gasteiger partial charge in [0.05, 0.1) is 0 Å². The van der Waals surface area contributed by atoms with Gasteiger partial charge in [-0.2, -0.15) is 5.10 Å². The van der Waals surface area contributed by atoms with Crippen molar-refractivity contribution in [1.29, 1.82) is 0 Å². The van der Waals surface area contributed by atoms with E-state index in [-0.39, 0.29) is 5.91 Å². The Labute approximate surface area is 126 Å². The molecule has 0 bridgehead atoms. The summed E-state index contributed by atoms with van der Waals surface area (Å²) < 4.78 is 1.83. The summed E-state index contributed by atoms with van der Waals surface area (Å²) in [7, 11) is 0. The van der Waals surface area contributed by atoms with Crippen molar-refractivity contribution >= 4 is 5.91 Å². The molecule has 0 aromatic carbocycles. The predicted molar refractivity (Wildman–Crippen MR) is 82.2 cm³/mol. The number of rotatable bonds is 4. The molecule has 1 aromatic rings. The van der Waals surface area contributed by atoms with E-state index in [1.807, 2.05) is 15.6 Å². The number of piperidine rings is 1. The summed E-state index contributed by atoms with van der Waals surface area (Å²) in [6, 6.07) is 3.08. The molecule has 21 heavy (non-hydrogen) atoms. The molecule has 5 heteroatoms. The highest BCUT2D eigenvalue weighted by molar-refractivity contribution is 5.93. The summed E-state index contributed by atoms with van der Waals surface area (Å²) in [5.41, 5.74) is 0.738. The molecule has 5 nitrogen and oxygen atoms in total. The monoisotopic (exact) mass is 290 g/mol. The Hall–Kier alpha value is -1.36. The first kappa shape index (κ1) is 14.6. The second-order valence-electron chi connectivity index (χ2n) is 6.39. The number of amides is 1. The Bertz CT molecular complexity index is 492. The van der Waals surface area contributed by atoms with Gasteiger partial charge in [-0.15, -0.1) is 0 Å². The minimum atomic E-state index is 0.141. The Morgan fingerprint density at radius 2 is 2.19 bits per heavy atom. The van der Waals surface area contributed by atoms with E-state index >= 15 is 0 Å². The van der Waals surface area contributed by atoms with Gasteiger partial charge in [0, 0.05) is 37.9 Å². The van der Waals surface area contributed by atoms with Crippen LogP contribution in [0.15, 0.2) is 12.3 Å². The summed E-state index contributed by atoms with van der Waals surface area (Å²) >= 11 is 0. The van der Waals surface area contributed by atoms with E-state index in [4.69, 9.17) is 0 Å². The van der Waals surface area contributed by atoms with Gasteiger partial charge in [0.15, 0.2) is 0 Å². The highest BCUT2D eigenvalue weighted by atomic mass is 16.2. The highest BCUT2D eigenvalue weighted by Gasteiger charge is 2.38. The minimum absolute atomic E-state index is 0.141. The van der Waals surface area contributed by atoms with Crippen molar-refractivity contribution in [2.24, 2.45) is 0 Å². The lowest BCUT2D eigenvalue weighted by atomic mass is 9.97. The Balaban J connectivity index is 1.58. The van der Waals surface area contributed by atoms with Gasteiger partial charge < -0.3 is 4.90 Å². The summed E-state index contributed by atoms with van der Waals surface area (Å²) in [4.78, 5) is 17.1. The van der Waals surface area contributed by atoms with E-state index in [2.05, 4.69) is 23.8 Å². The second-order valence-corrected chi connectivity index (χ2v) is 6.39. The van der Waals surface area contributed by atoms with E-state index in [0.29, 0.717) is 12.1 Å². The van der Waals surface area contributed by atoms with Gasteiger partial charge in [-0.3, -0.25) is 14.4 Å². The van der Waals surface area contributed by atoms with Crippen LogP contribution in [0.4, 0.5) is 0 Å². The van der Waals surface area contributed by atoms with Gasteiger partial charge in [-0.05, 0) is 38.8 Å². The summed E-state index contributed by atoms with van der Waals surface area (Å²) in [6.45, 7) is 8.18. The average molecular weight is 290 g/mol. The maximum absolute atomic E-state index is 12.5. The van der Waals surface area contributed by atoms with Gasteiger partial charge in [0.25, 0.3) is 5.91 Å². The predicted octanol–water partition coefficient (Wildman–Crippen LogP) is 1.99. The molecular weight excluding hydrogens is 264 g/mol. The van der Waals surface area contributed by atoms with Crippen LogP contribution >= 0.6 is 0 Å². The van der Waals surface area contributed by atoms with Gasteiger partial charge in [0.1, 0.15) is 5.69 Å². The van der Waals surface area contributed by atoms with Gasteiger partial charge in [-0.1, -0.05) is 13.3 Å². The minimum Gasteiger partial charge on any atom is -0.334 e. The molecule has 0 unspecified atom stereocenters. The SMILES string of the molecule is CCCn1nccc1C(=O)N1CC(N2CCCC[C@@H]2C)C1. The first-order valence-corrected chi connectivity index (χ1v) is 8.27. The number of likely N-dealkylation sites (tertiary alicyclic amines) is 2. The van der Waals surface area contributed by atoms with Crippen LogP contribution < -0.4 is 0 Å². The number of hydrogen-bond acceptors (Lipinski definition) is 3. The molecule has 3 rings (SSSR count). The molecule has 0 N–H and O–H groups in total. The average Bonchev–Trinajstić information content (AvgIpc) is 2.88. The zero-order valence-electron chi connectivity index (χ0n) is 13.2. The van der Waals surface area contributed by atoms with Gasteiger partial charge in [-0.25, -0.2) is 0 Å². The van der Waals surface area contributed by atoms with Crippen molar-refractivity contribution in [2.75, 3.05) is 19.6 Å². The Morgan fingerprint density at radius 3 is 2.90 bits per heavy atom. The van der Waals surface area contributed by atoms with Gasteiger partial charge in [0.2, 0.25) is 0 Å². The number of aromatic nitrogens is 2. The highest BCUT2D eigenvalue weighted by Crippen LogP contribution is 2.25. The molecule has 1 amide bonds. The molecule has 1 aromatic heterocycles. The third-order valence-electron chi connectivity index (χ3n) is 4.84. The molecule has 0 radical (unpaired) electrons. The maximum Gasteiger partial charge on any atom is 0.272 e. The quantitative estimate of drug-likeness (QED) is 0.851. The third-order valence-corrected chi connectivity index (χ3v) is 4.84. The first-order valence-electron chi connectivity index (χ1n) is 8.27. The number of nitrogens with zero attached hydrogens (tertiary/aromatic N) is 4. The third kappa shape index (κ3) is 2.84. The summed E-state index contributed by atoms with van der Waals surface area (Å²) in [6.07, 6.45) is 6.68. The molecule has 2 aliphatic heterocycles. The molecule has 2 aliphatic rings. The lowest BCUT2D eigenvalue weighted by Crippen LogP contribution is -2.63. The number of hydrogen-bond donors (Lipinski definition) is 0. The van der Waals surface area contributed by atoms with E-state index in [9.17, 15) is 4.79 Å². The van der Waals surface area contributed by atoms with Crippen LogP contribution in [0, 0.1) is 0 Å². The van der Waals surface area contributed by atoms with Crippen LogP contribution in [0.3, 0.4) is 0 Å². The van der Waals surface area contributed by atoms with Crippen LogP contribution in [0.5, 0.6) is 0 Å². The Morgan fingerprint density at radius 1 is 1.38 bits per heavy atom. The zero-order chi connectivity index (χ0) is 14.8. The van der Waals surface area contributed by atoms with Crippen molar-refractivity contribution in [3.63, 3.8) is 0 Å². The van der Waals surface area contributed by atoms with Crippen LogP contribution in [-0.2, 0) is 6.54 Å². The van der Waals surface area contributed by atoms with Crippen molar-refractivity contribution in [3.8, 4) is 0 Å². The summed E-state index contributed by atoms with van der Waals surface area (Å²) in [5, 5.41) is 4.25. The molecule has 2 saturated heterocycles. The molecule has 3 heterocycles. The van der Waals surface area contributed by atoms with Crippen molar-refractivity contribution in [2.45, 2.75) is 58.2 Å². The fourth-order valence-corrected chi connectivity index (χ4v) is 3.56. The largest absolute Gasteiger partial charge is 0.334 e. The van der Waals surface area contributed by atoms with Gasteiger partial charge >= 0.3 is 0 Å². The molecule has 0 spiro atoms. The topological polar surface area (TPSA) is 41.4 Å². The first-order chi connectivity index (χ1) is 10.2. The number of carbonyl (C=O) groups is 1. The molecule has 0 saturated carbocycles. The van der Waals surface area contributed by atoms with E-state index in [1.54, 1.807) is 6.20 Å². The lowest BCUT2D eigenvalue weighted by molar-refractivity contribution is 0.00147. The lowest BCUT2D eigenvalue weighted by Gasteiger charge is -2.49. The normalized spacial score (nSPS) is 24.1. The van der Waals surface area contributed by atoms with E-state index < -0.39 is 0 Å². The van der Waals surface area contributed by atoms with E-state index in [1.165, 1.54) is 25.8 Å². The summed E-state index contributed by atoms with van der Waals surface area (Å²) in [5.74, 6) is 0.141. The van der Waals surface area contributed by atoms with Crippen LogP contribution in [0.25, 0.3) is 0 Å². The number of aryl methyl sites for hydroxylation is 1. The smallest absolute Gasteiger partial charge is 0.272 e. The van der Waals surface area contributed by atoms with Crippen LogP contribution in [0.2, 0.25) is 0 Å². The van der Waals surface area contributed by atoms with Crippen molar-refractivity contribution in [1.82, 2.24) is 19.6 Å². The number of carbonyl (C=O) groups excluding carboxylic acids is 1. The molecule has 2 fully saturated rings. The van der Waals surface area contributed by atoms with Crippen LogP contribution in [-0.4, -0.2) is 57.2 Å². The maximum atomic E-state index is 12.5. The fourth-order valence-electron chi connectivity index (χ4n) is 3.56. The molecular formula is C16H26N4O. The fraction of sp³-hybridized carbons (Fsp3) is 0.750. The second kappa shape index (κ2) is 6.18. The zero-order valence-corrected chi connectivity index (χ0v) is 13.2. The molecule has 1 atom stereocenters. The molecule has 116 valence electrons. The van der Waals surface area contributed by atoms with E-state index in [0.717, 1.165) is 31.7 Å². The Kier molecular flexibility index (Phi) is 4.29.